The lowest BCUT2D eigenvalue weighted by Crippen LogP contribution is -2.32. The van der Waals surface area contributed by atoms with Crippen molar-refractivity contribution in [3.05, 3.63) is 141 Å². The second-order valence-corrected chi connectivity index (χ2v) is 9.86. The molecule has 0 saturated carbocycles. The van der Waals surface area contributed by atoms with Crippen LogP contribution in [-0.4, -0.2) is 22.6 Å². The lowest BCUT2D eigenvalue weighted by atomic mass is 10.1. The molecule has 3 amide bonds. The van der Waals surface area contributed by atoms with E-state index in [1.54, 1.807) is 29.2 Å². The molecule has 0 aromatic heterocycles. The van der Waals surface area contributed by atoms with Crippen molar-refractivity contribution in [1.82, 2.24) is 4.90 Å². The molecule has 0 radical (unpaired) electrons. The van der Waals surface area contributed by atoms with E-state index in [9.17, 15) is 18.8 Å². The summed E-state index contributed by atoms with van der Waals surface area (Å²) >= 11 is 12.1. The normalized spacial score (nSPS) is 13.1. The Morgan fingerprint density at radius 2 is 1.40 bits per heavy atom. The van der Waals surface area contributed by atoms with Gasteiger partial charge in [-0.2, -0.15) is 0 Å². The highest BCUT2D eigenvalue weighted by Gasteiger charge is 2.39. The van der Waals surface area contributed by atoms with E-state index in [1.807, 2.05) is 60.7 Å². The lowest BCUT2D eigenvalue weighted by molar-refractivity contribution is -0.120. The van der Waals surface area contributed by atoms with E-state index in [1.165, 1.54) is 12.1 Å². The second-order valence-electron chi connectivity index (χ2n) is 9.07. The van der Waals surface area contributed by atoms with Crippen LogP contribution in [0.4, 0.5) is 15.8 Å². The van der Waals surface area contributed by atoms with Crippen LogP contribution in [0.25, 0.3) is 0 Å². The van der Waals surface area contributed by atoms with Crippen LogP contribution in [0.2, 0.25) is 5.02 Å². The van der Waals surface area contributed by atoms with Crippen molar-refractivity contribution in [2.45, 2.75) is 13.1 Å². The summed E-state index contributed by atoms with van der Waals surface area (Å²) in [5.74, 6) is -2.41. The Hall–Kier alpha value is -4.46. The number of amides is 3. The summed E-state index contributed by atoms with van der Waals surface area (Å²) in [4.78, 5) is 42.2. The molecule has 0 saturated heterocycles. The Labute approximate surface area is 240 Å². The van der Waals surface area contributed by atoms with Gasteiger partial charge in [0.1, 0.15) is 16.5 Å². The van der Waals surface area contributed by atoms with Gasteiger partial charge >= 0.3 is 0 Å². The number of imide groups is 1. The predicted octanol–water partition coefficient (Wildman–Crippen LogP) is 6.76. The molecule has 0 atom stereocenters. The number of anilines is 2. The van der Waals surface area contributed by atoms with E-state index in [2.05, 4.69) is 5.32 Å². The molecular formula is C31H22Cl2FN3O3. The van der Waals surface area contributed by atoms with Gasteiger partial charge in [-0.1, -0.05) is 89.9 Å². The Bertz CT molecular complexity index is 1590. The van der Waals surface area contributed by atoms with E-state index in [-0.39, 0.29) is 27.3 Å². The van der Waals surface area contributed by atoms with Gasteiger partial charge in [-0.15, -0.1) is 0 Å². The van der Waals surface area contributed by atoms with E-state index in [0.29, 0.717) is 24.3 Å². The van der Waals surface area contributed by atoms with Crippen LogP contribution in [-0.2, 0) is 22.7 Å². The largest absolute Gasteiger partial charge is 0.350 e. The van der Waals surface area contributed by atoms with Gasteiger partial charge in [0, 0.05) is 24.3 Å². The first-order chi connectivity index (χ1) is 19.3. The number of hydrogen-bond acceptors (Lipinski definition) is 4. The molecule has 200 valence electrons. The molecule has 4 aromatic carbocycles. The molecule has 0 bridgehead atoms. The highest BCUT2D eigenvalue weighted by molar-refractivity contribution is 6.53. The number of carbonyl (C=O) groups is 3. The van der Waals surface area contributed by atoms with Crippen molar-refractivity contribution in [1.29, 1.82) is 0 Å². The van der Waals surface area contributed by atoms with Crippen molar-refractivity contribution < 1.29 is 18.8 Å². The molecule has 5 rings (SSSR count). The van der Waals surface area contributed by atoms with Gasteiger partial charge in [0.15, 0.2) is 0 Å². The highest BCUT2D eigenvalue weighted by Crippen LogP contribution is 2.32. The minimum absolute atomic E-state index is 0.0812. The van der Waals surface area contributed by atoms with Crippen LogP contribution >= 0.6 is 23.2 Å². The number of rotatable bonds is 8. The molecule has 0 aliphatic carbocycles. The van der Waals surface area contributed by atoms with Crippen molar-refractivity contribution in [2.75, 3.05) is 10.2 Å². The van der Waals surface area contributed by atoms with E-state index >= 15 is 0 Å². The monoisotopic (exact) mass is 573 g/mol. The number of nitrogens with zero attached hydrogens (tertiary/aromatic N) is 2. The summed E-state index contributed by atoms with van der Waals surface area (Å²) in [6.07, 6.45) is 0. The molecule has 0 unspecified atom stereocenters. The third-order valence-corrected chi connectivity index (χ3v) is 6.93. The smallest absolute Gasteiger partial charge is 0.283 e. The zero-order chi connectivity index (χ0) is 28.2. The quantitative estimate of drug-likeness (QED) is 0.236. The third-order valence-electron chi connectivity index (χ3n) is 6.29. The molecule has 40 heavy (non-hydrogen) atoms. The fourth-order valence-corrected chi connectivity index (χ4v) is 4.72. The number of hydrogen-bond donors (Lipinski definition) is 1. The Kier molecular flexibility index (Phi) is 7.96. The maximum absolute atomic E-state index is 13.7. The summed E-state index contributed by atoms with van der Waals surface area (Å²) in [6.45, 7) is 0.788. The van der Waals surface area contributed by atoms with E-state index in [4.69, 9.17) is 23.2 Å². The predicted molar refractivity (Wildman–Crippen MR) is 153 cm³/mol. The van der Waals surface area contributed by atoms with Crippen LogP contribution in [0.3, 0.4) is 0 Å². The minimum atomic E-state index is -0.777. The Morgan fingerprint density at radius 1 is 0.775 bits per heavy atom. The fourth-order valence-electron chi connectivity index (χ4n) is 4.33. The van der Waals surface area contributed by atoms with Gasteiger partial charge in [0.25, 0.3) is 17.7 Å². The zero-order valence-electron chi connectivity index (χ0n) is 21.0. The van der Waals surface area contributed by atoms with Gasteiger partial charge in [-0.3, -0.25) is 14.4 Å². The molecule has 9 heteroatoms. The van der Waals surface area contributed by atoms with Crippen molar-refractivity contribution in [3.8, 4) is 0 Å². The van der Waals surface area contributed by atoms with Gasteiger partial charge in [-0.05, 0) is 47.5 Å². The van der Waals surface area contributed by atoms with Crippen LogP contribution in [0, 0.1) is 5.82 Å². The molecule has 1 heterocycles. The highest BCUT2D eigenvalue weighted by atomic mass is 35.5. The molecular weight excluding hydrogens is 552 g/mol. The first kappa shape index (κ1) is 27.1. The minimum Gasteiger partial charge on any atom is -0.350 e. The van der Waals surface area contributed by atoms with Crippen LogP contribution < -0.4 is 10.2 Å². The SMILES string of the molecule is O=C(c1cccc(NC2=C(Cl)C(=O)N(c3ccc(F)c(Cl)c3)C2=O)c1)N(Cc1ccccc1)Cc1ccccc1. The zero-order valence-corrected chi connectivity index (χ0v) is 22.5. The van der Waals surface area contributed by atoms with Gasteiger partial charge in [0.2, 0.25) is 0 Å². The van der Waals surface area contributed by atoms with E-state index in [0.717, 1.165) is 22.1 Å². The molecule has 6 nitrogen and oxygen atoms in total. The molecule has 0 fully saturated rings. The Balaban J connectivity index is 1.39. The van der Waals surface area contributed by atoms with Crippen molar-refractivity contribution in [3.63, 3.8) is 0 Å². The number of nitrogens with one attached hydrogen (secondary N) is 1. The first-order valence-corrected chi connectivity index (χ1v) is 13.1. The standard InChI is InChI=1S/C31H22Cl2FN3O3/c32-25-17-24(14-15-26(25)34)37-30(39)27(33)28(31(37)40)35-23-13-7-12-22(16-23)29(38)36(18-20-8-3-1-4-9-20)19-21-10-5-2-6-11-21/h1-17,35H,18-19H2. The fraction of sp³-hybridized carbons (Fsp3) is 0.0645. The maximum Gasteiger partial charge on any atom is 0.283 e. The number of halogens is 3. The molecule has 0 spiro atoms. The third kappa shape index (κ3) is 5.76. The summed E-state index contributed by atoms with van der Waals surface area (Å²) < 4.78 is 13.6. The topological polar surface area (TPSA) is 69.7 Å². The van der Waals surface area contributed by atoms with Gasteiger partial charge in [0.05, 0.1) is 10.7 Å². The average molecular weight is 574 g/mol. The van der Waals surface area contributed by atoms with Crippen LogP contribution in [0.1, 0.15) is 21.5 Å². The lowest BCUT2D eigenvalue weighted by Gasteiger charge is -2.23. The van der Waals surface area contributed by atoms with Gasteiger partial charge in [-0.25, -0.2) is 9.29 Å². The maximum atomic E-state index is 13.7. The molecule has 1 aliphatic rings. The van der Waals surface area contributed by atoms with Crippen molar-refractivity contribution in [2.24, 2.45) is 0 Å². The average Bonchev–Trinajstić information content (AvgIpc) is 3.18. The summed E-state index contributed by atoms with van der Waals surface area (Å²) in [6, 6.07) is 29.5. The summed E-state index contributed by atoms with van der Waals surface area (Å²) in [5.41, 5.74) is 2.65. The van der Waals surface area contributed by atoms with Crippen LogP contribution in [0.5, 0.6) is 0 Å². The van der Waals surface area contributed by atoms with Crippen LogP contribution in [0.15, 0.2) is 114 Å². The summed E-state index contributed by atoms with van der Waals surface area (Å²) in [5, 5.41) is 2.31. The van der Waals surface area contributed by atoms with Gasteiger partial charge < -0.3 is 10.2 Å². The first-order valence-electron chi connectivity index (χ1n) is 12.3. The number of carbonyl (C=O) groups excluding carboxylic acids is 3. The second kappa shape index (κ2) is 11.7. The molecule has 1 N–H and O–H groups in total. The number of benzene rings is 4. The summed E-state index contributed by atoms with van der Waals surface area (Å²) in [7, 11) is 0. The molecule has 4 aromatic rings. The van der Waals surface area contributed by atoms with E-state index < -0.39 is 17.6 Å². The Morgan fingerprint density at radius 3 is 2.00 bits per heavy atom. The van der Waals surface area contributed by atoms with Crippen molar-refractivity contribution >= 4 is 52.3 Å². The molecule has 1 aliphatic heterocycles.